The Hall–Kier alpha value is -1.82. The lowest BCUT2D eigenvalue weighted by Crippen LogP contribution is -2.24. The van der Waals surface area contributed by atoms with Crippen LogP contribution < -0.4 is 4.90 Å². The van der Waals surface area contributed by atoms with Crippen LogP contribution in [0.1, 0.15) is 12.0 Å². The van der Waals surface area contributed by atoms with Gasteiger partial charge in [-0.2, -0.15) is 17.7 Å². The van der Waals surface area contributed by atoms with E-state index in [0.29, 0.717) is 19.5 Å². The van der Waals surface area contributed by atoms with Crippen molar-refractivity contribution in [1.82, 2.24) is 14.8 Å². The first-order chi connectivity index (χ1) is 9.22. The molecule has 1 aromatic heterocycles. The Morgan fingerprint density at radius 1 is 1.32 bits per heavy atom. The maximum absolute atomic E-state index is 11.8. The van der Waals surface area contributed by atoms with Crippen molar-refractivity contribution in [3.05, 3.63) is 42.5 Å². The van der Waals surface area contributed by atoms with Crippen LogP contribution >= 0.6 is 12.6 Å². The van der Waals surface area contributed by atoms with Crippen LogP contribution in [-0.4, -0.2) is 32.5 Å². The highest BCUT2D eigenvalue weighted by molar-refractivity contribution is 7.81. The fourth-order valence-electron chi connectivity index (χ4n) is 2.22. The monoisotopic (exact) mass is 274 g/mol. The van der Waals surface area contributed by atoms with Crippen molar-refractivity contribution in [3.8, 4) is 0 Å². The van der Waals surface area contributed by atoms with E-state index in [4.69, 9.17) is 0 Å². The van der Waals surface area contributed by atoms with Crippen LogP contribution in [0.15, 0.2) is 36.9 Å². The molecular formula is C13H14N4OS. The summed E-state index contributed by atoms with van der Waals surface area (Å²) in [7, 11) is 0. The number of amides is 1. The summed E-state index contributed by atoms with van der Waals surface area (Å²) >= 11 is 4.36. The molecule has 0 N–H and O–H groups in total. The van der Waals surface area contributed by atoms with Crippen LogP contribution in [0.4, 0.5) is 5.69 Å². The molecule has 5 nitrogen and oxygen atoms in total. The molecule has 2 heterocycles. The minimum Gasteiger partial charge on any atom is -0.311 e. The van der Waals surface area contributed by atoms with E-state index in [-0.39, 0.29) is 11.2 Å². The Bertz CT molecular complexity index is 567. The van der Waals surface area contributed by atoms with Gasteiger partial charge < -0.3 is 4.90 Å². The fraction of sp³-hybridized carbons (Fsp3) is 0.308. The van der Waals surface area contributed by atoms with Crippen molar-refractivity contribution in [1.29, 1.82) is 0 Å². The van der Waals surface area contributed by atoms with Crippen molar-refractivity contribution >= 4 is 24.2 Å². The lowest BCUT2D eigenvalue weighted by atomic mass is 10.2. The van der Waals surface area contributed by atoms with Gasteiger partial charge in [0.15, 0.2) is 0 Å². The van der Waals surface area contributed by atoms with Crippen molar-refractivity contribution in [2.75, 3.05) is 11.4 Å². The molecule has 1 amide bonds. The van der Waals surface area contributed by atoms with E-state index in [1.165, 1.54) is 6.33 Å². The number of thiol groups is 1. The first-order valence-corrected chi connectivity index (χ1v) is 6.64. The quantitative estimate of drug-likeness (QED) is 0.860. The van der Waals surface area contributed by atoms with Crippen LogP contribution in [0.2, 0.25) is 0 Å². The van der Waals surface area contributed by atoms with Gasteiger partial charge in [-0.3, -0.25) is 4.79 Å². The van der Waals surface area contributed by atoms with Crippen molar-refractivity contribution < 1.29 is 4.79 Å². The predicted octanol–water partition coefficient (Wildman–Crippen LogP) is 1.36. The first kappa shape index (κ1) is 12.2. The van der Waals surface area contributed by atoms with Gasteiger partial charge in [0.2, 0.25) is 5.91 Å². The smallest absolute Gasteiger partial charge is 0.228 e. The summed E-state index contributed by atoms with van der Waals surface area (Å²) in [4.78, 5) is 17.5. The molecule has 1 unspecified atom stereocenters. The average molecular weight is 274 g/mol. The van der Waals surface area contributed by atoms with Crippen molar-refractivity contribution in [2.24, 2.45) is 0 Å². The number of rotatable bonds is 3. The van der Waals surface area contributed by atoms with Crippen LogP contribution in [-0.2, 0) is 11.3 Å². The molecule has 98 valence electrons. The second-order valence-electron chi connectivity index (χ2n) is 4.62. The second kappa shape index (κ2) is 5.05. The highest BCUT2D eigenvalue weighted by Crippen LogP contribution is 2.24. The van der Waals surface area contributed by atoms with E-state index in [0.717, 1.165) is 11.3 Å². The molecule has 1 saturated heterocycles. The fourth-order valence-corrected chi connectivity index (χ4v) is 2.54. The van der Waals surface area contributed by atoms with Gasteiger partial charge in [-0.25, -0.2) is 9.67 Å². The molecule has 19 heavy (non-hydrogen) atoms. The number of nitrogens with zero attached hydrogens (tertiary/aromatic N) is 4. The Morgan fingerprint density at radius 3 is 2.68 bits per heavy atom. The zero-order chi connectivity index (χ0) is 13.2. The minimum atomic E-state index is 0.141. The molecule has 1 aliphatic rings. The lowest BCUT2D eigenvalue weighted by molar-refractivity contribution is -0.117. The predicted molar refractivity (Wildman–Crippen MR) is 75.3 cm³/mol. The molecule has 1 aromatic carbocycles. The van der Waals surface area contributed by atoms with E-state index >= 15 is 0 Å². The van der Waals surface area contributed by atoms with Gasteiger partial charge in [0.1, 0.15) is 12.7 Å². The van der Waals surface area contributed by atoms with E-state index in [9.17, 15) is 4.79 Å². The SMILES string of the molecule is O=C1CC(S)CN1c1ccc(Cn2cncn2)cc1. The van der Waals surface area contributed by atoms with E-state index in [1.807, 2.05) is 24.3 Å². The summed E-state index contributed by atoms with van der Waals surface area (Å²) in [5, 5.41) is 4.21. The Kier molecular flexibility index (Phi) is 3.25. The molecule has 0 radical (unpaired) electrons. The van der Waals surface area contributed by atoms with Crippen molar-refractivity contribution in [2.45, 2.75) is 18.2 Å². The van der Waals surface area contributed by atoms with Gasteiger partial charge in [-0.05, 0) is 17.7 Å². The lowest BCUT2D eigenvalue weighted by Gasteiger charge is -2.16. The summed E-state index contributed by atoms with van der Waals surface area (Å²) < 4.78 is 1.76. The van der Waals surface area contributed by atoms with E-state index in [2.05, 4.69) is 22.7 Å². The zero-order valence-corrected chi connectivity index (χ0v) is 11.2. The number of aromatic nitrogens is 3. The summed E-state index contributed by atoms with van der Waals surface area (Å²) in [5.41, 5.74) is 2.06. The number of benzene rings is 1. The third-order valence-electron chi connectivity index (χ3n) is 3.16. The molecule has 1 fully saturated rings. The summed E-state index contributed by atoms with van der Waals surface area (Å²) in [6, 6.07) is 7.96. The molecule has 0 aliphatic carbocycles. The first-order valence-electron chi connectivity index (χ1n) is 6.12. The molecule has 0 saturated carbocycles. The number of carbonyl (C=O) groups is 1. The van der Waals surface area contributed by atoms with Crippen molar-refractivity contribution in [3.63, 3.8) is 0 Å². The molecule has 0 bridgehead atoms. The number of hydrogen-bond acceptors (Lipinski definition) is 4. The zero-order valence-electron chi connectivity index (χ0n) is 10.3. The second-order valence-corrected chi connectivity index (χ2v) is 5.35. The van der Waals surface area contributed by atoms with Crippen LogP contribution in [0.5, 0.6) is 0 Å². The van der Waals surface area contributed by atoms with Gasteiger partial charge >= 0.3 is 0 Å². The summed E-state index contributed by atoms with van der Waals surface area (Å²) in [5.74, 6) is 0.143. The molecule has 3 rings (SSSR count). The maximum atomic E-state index is 11.8. The Labute approximate surface area is 116 Å². The van der Waals surface area contributed by atoms with Gasteiger partial charge in [0.25, 0.3) is 0 Å². The third kappa shape index (κ3) is 2.63. The topological polar surface area (TPSA) is 51.0 Å². The van der Waals surface area contributed by atoms with Crippen LogP contribution in [0, 0.1) is 0 Å². The molecule has 6 heteroatoms. The number of hydrogen-bond donors (Lipinski definition) is 1. The molecule has 1 atom stereocenters. The van der Waals surface area contributed by atoms with E-state index < -0.39 is 0 Å². The largest absolute Gasteiger partial charge is 0.311 e. The van der Waals surface area contributed by atoms with Gasteiger partial charge in [-0.1, -0.05) is 12.1 Å². The molecule has 2 aromatic rings. The summed E-state index contributed by atoms with van der Waals surface area (Å²) in [6.45, 7) is 1.37. The number of anilines is 1. The van der Waals surface area contributed by atoms with Gasteiger partial charge in [0.05, 0.1) is 6.54 Å². The van der Waals surface area contributed by atoms with Crippen LogP contribution in [0.3, 0.4) is 0 Å². The average Bonchev–Trinajstić information content (AvgIpc) is 3.00. The Morgan fingerprint density at radius 2 is 2.11 bits per heavy atom. The highest BCUT2D eigenvalue weighted by atomic mass is 32.1. The summed E-state index contributed by atoms with van der Waals surface area (Å²) in [6.07, 6.45) is 3.72. The minimum absolute atomic E-state index is 0.141. The molecular weight excluding hydrogens is 260 g/mol. The third-order valence-corrected chi connectivity index (χ3v) is 3.51. The van der Waals surface area contributed by atoms with Crippen LogP contribution in [0.25, 0.3) is 0 Å². The van der Waals surface area contributed by atoms with Gasteiger partial charge in [-0.15, -0.1) is 0 Å². The molecule has 1 aliphatic heterocycles. The standard InChI is InChI=1S/C13H14N4OS/c18-13-5-12(19)7-17(13)11-3-1-10(2-4-11)6-16-9-14-8-15-16/h1-4,8-9,12,19H,5-7H2. The molecule has 0 spiro atoms. The number of carbonyl (C=O) groups excluding carboxylic acids is 1. The van der Waals surface area contributed by atoms with Gasteiger partial charge in [0, 0.05) is 23.9 Å². The van der Waals surface area contributed by atoms with E-state index in [1.54, 1.807) is 15.9 Å². The normalized spacial score (nSPS) is 19.1. The maximum Gasteiger partial charge on any atom is 0.228 e. The highest BCUT2D eigenvalue weighted by Gasteiger charge is 2.27. The Balaban J connectivity index is 1.74.